The van der Waals surface area contributed by atoms with Crippen molar-refractivity contribution in [2.75, 3.05) is 5.32 Å². The van der Waals surface area contributed by atoms with E-state index in [2.05, 4.69) is 24.5 Å². The fourth-order valence-corrected chi connectivity index (χ4v) is 2.92. The van der Waals surface area contributed by atoms with Crippen molar-refractivity contribution in [1.82, 2.24) is 5.32 Å². The SMILES string of the molecule is CC1(C)CCC(NC(=S)Nc2ccccc2[N+](=O)[O-])C1. The molecule has 108 valence electrons. The number of hydrogen-bond donors (Lipinski definition) is 2. The number of nitro groups is 1. The number of anilines is 1. The summed E-state index contributed by atoms with van der Waals surface area (Å²) in [5.74, 6) is 0. The minimum absolute atomic E-state index is 0.0309. The lowest BCUT2D eigenvalue weighted by Gasteiger charge is -2.19. The number of nitro benzene ring substituents is 1. The Labute approximate surface area is 123 Å². The third kappa shape index (κ3) is 3.66. The molecule has 1 aliphatic carbocycles. The summed E-state index contributed by atoms with van der Waals surface area (Å²) in [6.07, 6.45) is 3.30. The topological polar surface area (TPSA) is 67.2 Å². The monoisotopic (exact) mass is 293 g/mol. The van der Waals surface area contributed by atoms with Crippen LogP contribution in [0.2, 0.25) is 0 Å². The van der Waals surface area contributed by atoms with E-state index in [9.17, 15) is 10.1 Å². The van der Waals surface area contributed by atoms with Gasteiger partial charge in [-0.05, 0) is 43.0 Å². The zero-order valence-electron chi connectivity index (χ0n) is 11.7. The normalized spacial score (nSPS) is 20.4. The minimum atomic E-state index is -0.413. The molecular weight excluding hydrogens is 274 g/mol. The second-order valence-corrected chi connectivity index (χ2v) is 6.38. The molecule has 5 nitrogen and oxygen atoms in total. The summed E-state index contributed by atoms with van der Waals surface area (Å²) in [4.78, 5) is 10.5. The second kappa shape index (κ2) is 5.75. The van der Waals surface area contributed by atoms with Gasteiger partial charge in [-0.2, -0.15) is 0 Å². The zero-order valence-corrected chi connectivity index (χ0v) is 12.5. The van der Waals surface area contributed by atoms with Crippen LogP contribution >= 0.6 is 12.2 Å². The van der Waals surface area contributed by atoms with Crippen molar-refractivity contribution in [2.24, 2.45) is 5.41 Å². The van der Waals surface area contributed by atoms with E-state index >= 15 is 0 Å². The van der Waals surface area contributed by atoms with Gasteiger partial charge in [0.15, 0.2) is 5.11 Å². The van der Waals surface area contributed by atoms with Gasteiger partial charge in [0.1, 0.15) is 5.69 Å². The molecule has 0 aromatic heterocycles. The Kier molecular flexibility index (Phi) is 4.23. The van der Waals surface area contributed by atoms with Gasteiger partial charge in [-0.3, -0.25) is 10.1 Å². The summed E-state index contributed by atoms with van der Waals surface area (Å²) < 4.78 is 0. The van der Waals surface area contributed by atoms with Gasteiger partial charge < -0.3 is 10.6 Å². The lowest BCUT2D eigenvalue weighted by atomic mass is 9.92. The van der Waals surface area contributed by atoms with Gasteiger partial charge in [-0.25, -0.2) is 0 Å². The van der Waals surface area contributed by atoms with Crippen LogP contribution in [0.15, 0.2) is 24.3 Å². The van der Waals surface area contributed by atoms with Gasteiger partial charge in [0.25, 0.3) is 5.69 Å². The van der Waals surface area contributed by atoms with E-state index in [1.807, 2.05) is 0 Å². The van der Waals surface area contributed by atoms with Gasteiger partial charge in [0, 0.05) is 12.1 Å². The van der Waals surface area contributed by atoms with Crippen LogP contribution < -0.4 is 10.6 Å². The summed E-state index contributed by atoms with van der Waals surface area (Å²) in [7, 11) is 0. The molecule has 6 heteroatoms. The molecule has 2 N–H and O–H groups in total. The first-order valence-electron chi connectivity index (χ1n) is 6.68. The van der Waals surface area contributed by atoms with E-state index < -0.39 is 4.92 Å². The standard InChI is InChI=1S/C14H19N3O2S/c1-14(2)8-7-10(9-14)15-13(20)16-11-5-3-4-6-12(11)17(18)19/h3-6,10H,7-9H2,1-2H3,(H2,15,16,20). The molecule has 2 rings (SSSR count). The Morgan fingerprint density at radius 1 is 1.45 bits per heavy atom. The summed E-state index contributed by atoms with van der Waals surface area (Å²) in [6, 6.07) is 6.84. The molecule has 1 saturated carbocycles. The van der Waals surface area contributed by atoms with Gasteiger partial charge in [-0.1, -0.05) is 26.0 Å². The van der Waals surface area contributed by atoms with Crippen molar-refractivity contribution >= 4 is 28.7 Å². The van der Waals surface area contributed by atoms with Gasteiger partial charge in [0.2, 0.25) is 0 Å². The lowest BCUT2D eigenvalue weighted by Crippen LogP contribution is -2.36. The van der Waals surface area contributed by atoms with Crippen molar-refractivity contribution < 1.29 is 4.92 Å². The van der Waals surface area contributed by atoms with Crippen molar-refractivity contribution in [2.45, 2.75) is 39.2 Å². The highest BCUT2D eigenvalue weighted by atomic mass is 32.1. The lowest BCUT2D eigenvalue weighted by molar-refractivity contribution is -0.383. The number of rotatable bonds is 3. The fourth-order valence-electron chi connectivity index (χ4n) is 2.64. The molecule has 0 heterocycles. The molecule has 1 aliphatic rings. The van der Waals surface area contributed by atoms with Crippen LogP contribution in [0.3, 0.4) is 0 Å². The highest BCUT2D eigenvalue weighted by molar-refractivity contribution is 7.80. The maximum atomic E-state index is 10.9. The molecular formula is C14H19N3O2S. The number of para-hydroxylation sites is 2. The zero-order chi connectivity index (χ0) is 14.8. The first-order valence-corrected chi connectivity index (χ1v) is 7.09. The minimum Gasteiger partial charge on any atom is -0.360 e. The number of nitrogens with zero attached hydrogens (tertiary/aromatic N) is 1. The van der Waals surface area contributed by atoms with E-state index in [0.717, 1.165) is 12.8 Å². The largest absolute Gasteiger partial charge is 0.360 e. The highest BCUT2D eigenvalue weighted by Crippen LogP contribution is 2.37. The molecule has 0 radical (unpaired) electrons. The highest BCUT2D eigenvalue weighted by Gasteiger charge is 2.31. The molecule has 0 aliphatic heterocycles. The van der Waals surface area contributed by atoms with E-state index in [-0.39, 0.29) is 5.69 Å². The molecule has 20 heavy (non-hydrogen) atoms. The van der Waals surface area contributed by atoms with E-state index in [0.29, 0.717) is 22.3 Å². The molecule has 1 aromatic rings. The van der Waals surface area contributed by atoms with Crippen LogP contribution in [-0.4, -0.2) is 16.1 Å². The van der Waals surface area contributed by atoms with Crippen molar-refractivity contribution in [3.63, 3.8) is 0 Å². The number of benzene rings is 1. The smallest absolute Gasteiger partial charge is 0.292 e. The quantitative estimate of drug-likeness (QED) is 0.507. The van der Waals surface area contributed by atoms with Crippen molar-refractivity contribution in [3.05, 3.63) is 34.4 Å². The number of nitrogens with one attached hydrogen (secondary N) is 2. The molecule has 1 unspecified atom stereocenters. The average molecular weight is 293 g/mol. The maximum Gasteiger partial charge on any atom is 0.292 e. The predicted molar refractivity (Wildman–Crippen MR) is 83.9 cm³/mol. The Hall–Kier alpha value is -1.69. The third-order valence-corrected chi connectivity index (χ3v) is 3.87. The fraction of sp³-hybridized carbons (Fsp3) is 0.500. The molecule has 0 spiro atoms. The molecule has 0 amide bonds. The molecule has 1 aromatic carbocycles. The average Bonchev–Trinajstić information content (AvgIpc) is 2.68. The Balaban J connectivity index is 1.97. The Morgan fingerprint density at radius 2 is 2.15 bits per heavy atom. The first kappa shape index (κ1) is 14.7. The molecule has 0 bridgehead atoms. The van der Waals surface area contributed by atoms with E-state index in [4.69, 9.17) is 12.2 Å². The van der Waals surface area contributed by atoms with Gasteiger partial charge >= 0.3 is 0 Å². The predicted octanol–water partition coefficient (Wildman–Crippen LogP) is 3.46. The van der Waals surface area contributed by atoms with E-state index in [1.165, 1.54) is 12.5 Å². The van der Waals surface area contributed by atoms with Crippen LogP contribution in [0.4, 0.5) is 11.4 Å². The summed E-state index contributed by atoms with van der Waals surface area (Å²) in [6.45, 7) is 4.49. The molecule has 1 fully saturated rings. The maximum absolute atomic E-state index is 10.9. The van der Waals surface area contributed by atoms with Gasteiger partial charge in [-0.15, -0.1) is 0 Å². The second-order valence-electron chi connectivity index (χ2n) is 5.98. The Bertz CT molecular complexity index is 531. The van der Waals surface area contributed by atoms with Crippen LogP contribution in [0, 0.1) is 15.5 Å². The summed E-state index contributed by atoms with van der Waals surface area (Å²) in [5.41, 5.74) is 0.794. The molecule has 0 saturated heterocycles. The van der Waals surface area contributed by atoms with Crippen LogP contribution in [0.25, 0.3) is 0 Å². The molecule has 1 atom stereocenters. The van der Waals surface area contributed by atoms with Crippen LogP contribution in [0.5, 0.6) is 0 Å². The van der Waals surface area contributed by atoms with Gasteiger partial charge in [0.05, 0.1) is 4.92 Å². The summed E-state index contributed by atoms with van der Waals surface area (Å²) in [5, 5.41) is 17.6. The number of hydrogen-bond acceptors (Lipinski definition) is 3. The van der Waals surface area contributed by atoms with E-state index in [1.54, 1.807) is 18.2 Å². The van der Waals surface area contributed by atoms with Crippen molar-refractivity contribution in [3.8, 4) is 0 Å². The van der Waals surface area contributed by atoms with Crippen molar-refractivity contribution in [1.29, 1.82) is 0 Å². The Morgan fingerprint density at radius 3 is 2.75 bits per heavy atom. The van der Waals surface area contributed by atoms with Crippen LogP contribution in [0.1, 0.15) is 33.1 Å². The third-order valence-electron chi connectivity index (χ3n) is 3.65. The number of thiocarbonyl (C=S) groups is 1. The first-order chi connectivity index (χ1) is 9.37. The summed E-state index contributed by atoms with van der Waals surface area (Å²) >= 11 is 5.25. The van der Waals surface area contributed by atoms with Crippen LogP contribution in [-0.2, 0) is 0 Å².